The maximum absolute atomic E-state index is 12.4. The van der Waals surface area contributed by atoms with Gasteiger partial charge in [-0.2, -0.15) is 0 Å². The zero-order valence-electron chi connectivity index (χ0n) is 15.5. The molecule has 1 atom stereocenters. The molecular formula is C20H23ClN2O3S. The number of methoxy groups -OCH3 is 1. The lowest BCUT2D eigenvalue weighted by Crippen LogP contribution is -2.25. The third-order valence-electron chi connectivity index (χ3n) is 3.90. The summed E-state index contributed by atoms with van der Waals surface area (Å²) in [5.41, 5.74) is 2.46. The average molecular weight is 407 g/mol. The molecule has 2 N–H and O–H groups in total. The van der Waals surface area contributed by atoms with Crippen molar-refractivity contribution >= 4 is 46.6 Å². The van der Waals surface area contributed by atoms with Gasteiger partial charge in [-0.25, -0.2) is 0 Å². The van der Waals surface area contributed by atoms with Crippen LogP contribution in [-0.2, 0) is 16.0 Å². The smallest absolute Gasteiger partial charge is 0.237 e. The van der Waals surface area contributed by atoms with Crippen molar-refractivity contribution in [1.29, 1.82) is 0 Å². The monoisotopic (exact) mass is 406 g/mol. The molecule has 0 aliphatic carbocycles. The Morgan fingerprint density at radius 1 is 1.15 bits per heavy atom. The second-order valence-corrected chi connectivity index (χ2v) is 7.65. The number of hydrogen-bond donors (Lipinski definition) is 2. The van der Waals surface area contributed by atoms with Crippen LogP contribution in [0.2, 0.25) is 5.02 Å². The number of amides is 2. The summed E-state index contributed by atoms with van der Waals surface area (Å²) in [6, 6.07) is 12.7. The van der Waals surface area contributed by atoms with Crippen LogP contribution in [0.5, 0.6) is 5.75 Å². The highest BCUT2D eigenvalue weighted by molar-refractivity contribution is 8.01. The lowest BCUT2D eigenvalue weighted by atomic mass is 10.1. The number of aryl methyl sites for hydroxylation is 1. The van der Waals surface area contributed by atoms with E-state index in [2.05, 4.69) is 17.6 Å². The second-order valence-electron chi connectivity index (χ2n) is 5.89. The molecule has 2 rings (SSSR count). The Kier molecular flexibility index (Phi) is 8.00. The number of hydrogen-bond acceptors (Lipinski definition) is 4. The van der Waals surface area contributed by atoms with Gasteiger partial charge < -0.3 is 15.4 Å². The summed E-state index contributed by atoms with van der Waals surface area (Å²) >= 11 is 7.23. The van der Waals surface area contributed by atoms with Crippen LogP contribution in [0.25, 0.3) is 0 Å². The molecule has 0 fully saturated rings. The molecule has 2 aromatic carbocycles. The Morgan fingerprint density at radius 3 is 2.48 bits per heavy atom. The van der Waals surface area contributed by atoms with E-state index in [0.29, 0.717) is 16.5 Å². The van der Waals surface area contributed by atoms with E-state index in [1.807, 2.05) is 24.3 Å². The summed E-state index contributed by atoms with van der Waals surface area (Å²) in [6.07, 6.45) is 0.952. The van der Waals surface area contributed by atoms with Gasteiger partial charge in [-0.15, -0.1) is 11.8 Å². The lowest BCUT2D eigenvalue weighted by molar-refractivity contribution is -0.115. The van der Waals surface area contributed by atoms with Crippen molar-refractivity contribution in [3.8, 4) is 5.75 Å². The summed E-state index contributed by atoms with van der Waals surface area (Å²) < 4.78 is 5.22. The van der Waals surface area contributed by atoms with Gasteiger partial charge in [0, 0.05) is 10.7 Å². The highest BCUT2D eigenvalue weighted by atomic mass is 35.5. The normalized spacial score (nSPS) is 11.6. The Hall–Kier alpha value is -2.18. The maximum Gasteiger partial charge on any atom is 0.237 e. The van der Waals surface area contributed by atoms with E-state index in [1.165, 1.54) is 24.4 Å². The molecule has 0 saturated carbocycles. The van der Waals surface area contributed by atoms with Crippen LogP contribution in [0.1, 0.15) is 19.4 Å². The Morgan fingerprint density at radius 2 is 1.85 bits per heavy atom. The first-order chi connectivity index (χ1) is 12.9. The second kappa shape index (κ2) is 10.2. The molecule has 2 amide bonds. The highest BCUT2D eigenvalue weighted by Gasteiger charge is 2.17. The van der Waals surface area contributed by atoms with Gasteiger partial charge in [0.05, 0.1) is 23.8 Å². The van der Waals surface area contributed by atoms with Crippen LogP contribution in [0.15, 0.2) is 42.5 Å². The van der Waals surface area contributed by atoms with Crippen molar-refractivity contribution < 1.29 is 14.3 Å². The van der Waals surface area contributed by atoms with Gasteiger partial charge in [0.2, 0.25) is 11.8 Å². The van der Waals surface area contributed by atoms with Gasteiger partial charge in [0.15, 0.2) is 0 Å². The average Bonchev–Trinajstić information content (AvgIpc) is 2.67. The number of nitrogens with one attached hydrogen (secondary N) is 2. The Bertz CT molecular complexity index is 796. The molecule has 0 aliphatic heterocycles. The fourth-order valence-electron chi connectivity index (χ4n) is 2.31. The number of halogens is 1. The van der Waals surface area contributed by atoms with Gasteiger partial charge in [-0.1, -0.05) is 30.7 Å². The maximum atomic E-state index is 12.4. The summed E-state index contributed by atoms with van der Waals surface area (Å²) in [5.74, 6) is 0.333. The minimum Gasteiger partial charge on any atom is -0.495 e. The van der Waals surface area contributed by atoms with Crippen LogP contribution in [0.4, 0.5) is 11.4 Å². The van der Waals surface area contributed by atoms with Crippen molar-refractivity contribution in [2.24, 2.45) is 0 Å². The van der Waals surface area contributed by atoms with Crippen LogP contribution in [0.3, 0.4) is 0 Å². The summed E-state index contributed by atoms with van der Waals surface area (Å²) in [6.45, 7) is 3.83. The van der Waals surface area contributed by atoms with E-state index in [9.17, 15) is 9.59 Å². The number of carbonyl (C=O) groups excluding carboxylic acids is 2. The molecule has 0 saturated heterocycles. The molecule has 144 valence electrons. The largest absolute Gasteiger partial charge is 0.495 e. The first-order valence-electron chi connectivity index (χ1n) is 8.57. The Labute approximate surface area is 168 Å². The fraction of sp³-hybridized carbons (Fsp3) is 0.300. The van der Waals surface area contributed by atoms with E-state index in [-0.39, 0.29) is 17.6 Å². The minimum absolute atomic E-state index is 0.149. The number of thioether (sulfide) groups is 1. The molecule has 0 aliphatic rings. The third kappa shape index (κ3) is 6.48. The van der Waals surface area contributed by atoms with Crippen molar-refractivity contribution in [1.82, 2.24) is 0 Å². The lowest BCUT2D eigenvalue weighted by Gasteiger charge is -2.14. The quantitative estimate of drug-likeness (QED) is 0.671. The van der Waals surface area contributed by atoms with Crippen LogP contribution in [-0.4, -0.2) is 29.9 Å². The van der Waals surface area contributed by atoms with E-state index < -0.39 is 5.25 Å². The minimum atomic E-state index is -0.415. The van der Waals surface area contributed by atoms with Crippen molar-refractivity contribution in [3.63, 3.8) is 0 Å². The predicted octanol–water partition coefficient (Wildman–Crippen LogP) is 4.61. The molecule has 0 spiro atoms. The predicted molar refractivity (Wildman–Crippen MR) is 113 cm³/mol. The van der Waals surface area contributed by atoms with Crippen molar-refractivity contribution in [2.45, 2.75) is 25.5 Å². The molecule has 27 heavy (non-hydrogen) atoms. The van der Waals surface area contributed by atoms with E-state index in [1.54, 1.807) is 25.1 Å². The molecule has 0 aromatic heterocycles. The number of ether oxygens (including phenoxy) is 1. The molecule has 5 nitrogen and oxygen atoms in total. The van der Waals surface area contributed by atoms with Crippen molar-refractivity contribution in [2.75, 3.05) is 23.5 Å². The van der Waals surface area contributed by atoms with Crippen LogP contribution >= 0.6 is 23.4 Å². The molecule has 7 heteroatoms. The van der Waals surface area contributed by atoms with E-state index >= 15 is 0 Å². The van der Waals surface area contributed by atoms with E-state index in [0.717, 1.165) is 12.1 Å². The topological polar surface area (TPSA) is 67.4 Å². The standard InChI is InChI=1S/C20H23ClN2O3S/c1-4-14-5-8-16(9-6-14)22-19(24)12-27-13(2)20(25)23-17-11-15(21)7-10-18(17)26-3/h5-11,13H,4,12H2,1-3H3,(H,22,24)(H,23,25)/t13-/m1/s1. The zero-order valence-corrected chi connectivity index (χ0v) is 17.1. The van der Waals surface area contributed by atoms with E-state index in [4.69, 9.17) is 16.3 Å². The van der Waals surface area contributed by atoms with Crippen LogP contribution < -0.4 is 15.4 Å². The number of anilines is 2. The van der Waals surface area contributed by atoms with Gasteiger partial charge in [-0.05, 0) is 49.2 Å². The summed E-state index contributed by atoms with van der Waals surface area (Å²) in [7, 11) is 1.52. The highest BCUT2D eigenvalue weighted by Crippen LogP contribution is 2.28. The van der Waals surface area contributed by atoms with Crippen molar-refractivity contribution in [3.05, 3.63) is 53.1 Å². The SMILES string of the molecule is CCc1ccc(NC(=O)CS[C@H](C)C(=O)Nc2cc(Cl)ccc2OC)cc1. The van der Waals surface area contributed by atoms with Gasteiger partial charge in [0.25, 0.3) is 0 Å². The molecule has 0 heterocycles. The summed E-state index contributed by atoms with van der Waals surface area (Å²) in [4.78, 5) is 24.5. The van der Waals surface area contributed by atoms with Gasteiger partial charge >= 0.3 is 0 Å². The zero-order chi connectivity index (χ0) is 19.8. The Balaban J connectivity index is 1.85. The molecule has 0 bridgehead atoms. The third-order valence-corrected chi connectivity index (χ3v) is 5.28. The van der Waals surface area contributed by atoms with Crippen LogP contribution in [0, 0.1) is 0 Å². The fourth-order valence-corrected chi connectivity index (χ4v) is 3.17. The number of carbonyl (C=O) groups is 2. The van der Waals surface area contributed by atoms with Gasteiger partial charge in [-0.3, -0.25) is 9.59 Å². The first kappa shape index (κ1) is 21.1. The first-order valence-corrected chi connectivity index (χ1v) is 10.0. The molecule has 0 radical (unpaired) electrons. The number of benzene rings is 2. The molecule has 0 unspecified atom stereocenters. The molecular weight excluding hydrogens is 384 g/mol. The summed E-state index contributed by atoms with van der Waals surface area (Å²) in [5, 5.41) is 5.71. The van der Waals surface area contributed by atoms with Gasteiger partial charge in [0.1, 0.15) is 5.75 Å². The molecule has 2 aromatic rings. The number of rotatable bonds is 8.